The van der Waals surface area contributed by atoms with E-state index < -0.39 is 12.6 Å². The molecule has 0 saturated carbocycles. The Labute approximate surface area is 79.3 Å². The fourth-order valence-corrected chi connectivity index (χ4v) is 0. The molecule has 0 bridgehead atoms. The summed E-state index contributed by atoms with van der Waals surface area (Å²) in [7, 11) is 0. The standard InChI is InChI=1S/C2H4O3.K.H/c3-1-2(4)5;;/h3H,1H2,(H,4,5);;/q;+1;-1. The molecule has 4 heteroatoms. The monoisotopic (exact) mass is 116 g/mol. The molecule has 0 heterocycles. The van der Waals surface area contributed by atoms with Crippen molar-refractivity contribution in [3.05, 3.63) is 0 Å². The zero-order chi connectivity index (χ0) is 4.28. The summed E-state index contributed by atoms with van der Waals surface area (Å²) in [6.07, 6.45) is 0. The summed E-state index contributed by atoms with van der Waals surface area (Å²) in [6, 6.07) is 0. The van der Waals surface area contributed by atoms with Gasteiger partial charge in [0, 0.05) is 0 Å². The van der Waals surface area contributed by atoms with Crippen LogP contribution in [-0.2, 0) is 4.79 Å². The van der Waals surface area contributed by atoms with Gasteiger partial charge in [-0.25, -0.2) is 4.79 Å². The van der Waals surface area contributed by atoms with Crippen LogP contribution in [0.4, 0.5) is 0 Å². The fourth-order valence-electron chi connectivity index (χ4n) is 0. The Kier molecular flexibility index (Phi) is 10.2. The van der Waals surface area contributed by atoms with Gasteiger partial charge in [-0.3, -0.25) is 0 Å². The minimum Gasteiger partial charge on any atom is -1.00 e. The van der Waals surface area contributed by atoms with E-state index in [1.807, 2.05) is 0 Å². The number of carboxylic acids is 1. The van der Waals surface area contributed by atoms with Gasteiger partial charge >= 0.3 is 57.4 Å². The van der Waals surface area contributed by atoms with E-state index in [2.05, 4.69) is 0 Å². The molecule has 6 heavy (non-hydrogen) atoms. The van der Waals surface area contributed by atoms with Gasteiger partial charge in [0.2, 0.25) is 0 Å². The van der Waals surface area contributed by atoms with Gasteiger partial charge in [0.25, 0.3) is 0 Å². The van der Waals surface area contributed by atoms with Crippen LogP contribution in [0.5, 0.6) is 0 Å². The average Bonchev–Trinajstić information content (AvgIpc) is 1.38. The maximum Gasteiger partial charge on any atom is 1.00 e. The summed E-state index contributed by atoms with van der Waals surface area (Å²) >= 11 is 0. The normalized spacial score (nSPS) is 6.17. The molecule has 0 saturated heterocycles. The largest absolute Gasteiger partial charge is 1.00 e. The molecule has 0 atom stereocenters. The van der Waals surface area contributed by atoms with Gasteiger partial charge in [-0.15, -0.1) is 0 Å². The Bertz CT molecular complexity index is 48.2. The van der Waals surface area contributed by atoms with Crippen molar-refractivity contribution in [3.8, 4) is 0 Å². The molecule has 0 amide bonds. The van der Waals surface area contributed by atoms with Gasteiger partial charge in [0.05, 0.1) is 0 Å². The molecule has 0 aromatic carbocycles. The first-order valence-electron chi connectivity index (χ1n) is 1.10. The Morgan fingerprint density at radius 3 is 2.00 bits per heavy atom. The van der Waals surface area contributed by atoms with E-state index in [0.29, 0.717) is 0 Å². The Morgan fingerprint density at radius 1 is 1.83 bits per heavy atom. The van der Waals surface area contributed by atoms with Crippen LogP contribution < -0.4 is 51.4 Å². The summed E-state index contributed by atoms with van der Waals surface area (Å²) in [4.78, 5) is 9.12. The molecule has 0 rings (SSSR count). The minimum absolute atomic E-state index is 0. The summed E-state index contributed by atoms with van der Waals surface area (Å²) in [5, 5.41) is 15.0. The first-order valence-corrected chi connectivity index (χ1v) is 1.10. The van der Waals surface area contributed by atoms with Gasteiger partial charge in [0.15, 0.2) is 0 Å². The van der Waals surface area contributed by atoms with E-state index in [1.54, 1.807) is 0 Å². The van der Waals surface area contributed by atoms with E-state index >= 15 is 0 Å². The second-order valence-electron chi connectivity index (χ2n) is 0.552. The number of hydrogen-bond donors (Lipinski definition) is 2. The predicted octanol–water partition coefficient (Wildman–Crippen LogP) is -3.82. The van der Waals surface area contributed by atoms with Gasteiger partial charge in [0.1, 0.15) is 6.61 Å². The van der Waals surface area contributed by atoms with Crippen LogP contribution in [0.15, 0.2) is 0 Å². The summed E-state index contributed by atoms with van der Waals surface area (Å²) in [5.41, 5.74) is 0. The van der Waals surface area contributed by atoms with E-state index in [4.69, 9.17) is 15.0 Å². The zero-order valence-corrected chi connectivity index (χ0v) is 6.63. The number of hydrogen-bond acceptors (Lipinski definition) is 2. The molecule has 0 unspecified atom stereocenters. The first-order chi connectivity index (χ1) is 2.27. The maximum atomic E-state index is 9.12. The molecule has 0 radical (unpaired) electrons. The van der Waals surface area contributed by atoms with Crippen molar-refractivity contribution < 1.29 is 67.8 Å². The second kappa shape index (κ2) is 6.07. The molecule has 0 spiro atoms. The fraction of sp³-hybridized carbons (Fsp3) is 0.500. The minimum atomic E-state index is -1.19. The third kappa shape index (κ3) is 8.91. The molecule has 32 valence electrons. The SMILES string of the molecule is O=C(O)CO.[H-].[K+]. The Balaban J connectivity index is -0.0000000800. The first kappa shape index (κ1) is 10.1. The average molecular weight is 116 g/mol. The molecular formula is C2H5KO3. The topological polar surface area (TPSA) is 57.5 Å². The number of rotatable bonds is 1. The van der Waals surface area contributed by atoms with E-state index in [-0.39, 0.29) is 52.8 Å². The molecule has 2 N–H and O–H groups in total. The van der Waals surface area contributed by atoms with Crippen molar-refractivity contribution in [1.29, 1.82) is 0 Å². The second-order valence-corrected chi connectivity index (χ2v) is 0.552. The van der Waals surface area contributed by atoms with E-state index in [9.17, 15) is 0 Å². The van der Waals surface area contributed by atoms with Gasteiger partial charge in [-0.2, -0.15) is 0 Å². The molecular weight excluding hydrogens is 111 g/mol. The number of aliphatic carboxylic acids is 1. The van der Waals surface area contributed by atoms with Crippen molar-refractivity contribution in [3.63, 3.8) is 0 Å². The molecule has 0 aromatic heterocycles. The summed E-state index contributed by atoms with van der Waals surface area (Å²) in [5.74, 6) is -1.19. The van der Waals surface area contributed by atoms with Crippen LogP contribution in [0.3, 0.4) is 0 Å². The van der Waals surface area contributed by atoms with Gasteiger partial charge in [-0.1, -0.05) is 0 Å². The van der Waals surface area contributed by atoms with Crippen molar-refractivity contribution in [2.24, 2.45) is 0 Å². The van der Waals surface area contributed by atoms with Crippen LogP contribution in [0.2, 0.25) is 0 Å². The predicted molar refractivity (Wildman–Crippen MR) is 15.8 cm³/mol. The molecule has 0 fully saturated rings. The molecule has 0 aliphatic heterocycles. The van der Waals surface area contributed by atoms with Crippen molar-refractivity contribution in [2.75, 3.05) is 6.61 Å². The summed E-state index contributed by atoms with van der Waals surface area (Å²) < 4.78 is 0. The Morgan fingerprint density at radius 2 is 2.00 bits per heavy atom. The molecule has 0 aliphatic rings. The van der Waals surface area contributed by atoms with Crippen LogP contribution in [-0.4, -0.2) is 22.8 Å². The third-order valence-electron chi connectivity index (χ3n) is 0.135. The van der Waals surface area contributed by atoms with Crippen molar-refractivity contribution in [1.82, 2.24) is 0 Å². The smallest absolute Gasteiger partial charge is 1.00 e. The number of aliphatic hydroxyl groups is 1. The quantitative estimate of drug-likeness (QED) is 0.345. The third-order valence-corrected chi connectivity index (χ3v) is 0.135. The van der Waals surface area contributed by atoms with Crippen LogP contribution in [0, 0.1) is 0 Å². The number of carbonyl (C=O) groups is 1. The van der Waals surface area contributed by atoms with E-state index in [1.165, 1.54) is 0 Å². The van der Waals surface area contributed by atoms with E-state index in [0.717, 1.165) is 0 Å². The van der Waals surface area contributed by atoms with Crippen LogP contribution in [0.25, 0.3) is 0 Å². The number of carboxylic acid groups (broad SMARTS) is 1. The molecule has 3 nitrogen and oxygen atoms in total. The van der Waals surface area contributed by atoms with Crippen molar-refractivity contribution in [2.45, 2.75) is 0 Å². The Hall–Kier alpha value is 1.07. The number of aliphatic hydroxyl groups excluding tert-OH is 1. The zero-order valence-electron chi connectivity index (χ0n) is 4.51. The van der Waals surface area contributed by atoms with Gasteiger partial charge in [-0.05, 0) is 0 Å². The maximum absolute atomic E-state index is 9.12. The van der Waals surface area contributed by atoms with Crippen LogP contribution >= 0.6 is 0 Å². The summed E-state index contributed by atoms with van der Waals surface area (Å²) in [6.45, 7) is -0.778. The molecule has 0 aliphatic carbocycles. The van der Waals surface area contributed by atoms with Gasteiger partial charge < -0.3 is 11.6 Å². The molecule has 0 aromatic rings. The van der Waals surface area contributed by atoms with Crippen LogP contribution in [0.1, 0.15) is 1.43 Å². The van der Waals surface area contributed by atoms with Crippen molar-refractivity contribution >= 4 is 5.97 Å².